The number of ether oxygens (including phenoxy) is 2. The summed E-state index contributed by atoms with van der Waals surface area (Å²) in [5.74, 6) is 0.496. The number of amides is 1. The summed E-state index contributed by atoms with van der Waals surface area (Å²) in [6.07, 6.45) is -0.925. The molecular formula is C28H35ClN6O6. The Kier molecular flexibility index (Phi) is 7.83. The van der Waals surface area contributed by atoms with Gasteiger partial charge in [0.25, 0.3) is 5.56 Å². The lowest BCUT2D eigenvalue weighted by Crippen LogP contribution is -2.40. The first-order valence-corrected chi connectivity index (χ1v) is 13.5. The minimum Gasteiger partial charge on any atom is -0.444 e. The van der Waals surface area contributed by atoms with Crippen molar-refractivity contribution < 1.29 is 19.1 Å². The van der Waals surface area contributed by atoms with E-state index in [1.807, 2.05) is 0 Å². The van der Waals surface area contributed by atoms with E-state index < -0.39 is 34.6 Å². The molecule has 0 radical (unpaired) electrons. The number of aryl methyl sites for hydroxylation is 2. The van der Waals surface area contributed by atoms with Crippen LogP contribution in [0.3, 0.4) is 0 Å². The molecule has 3 heterocycles. The van der Waals surface area contributed by atoms with Crippen molar-refractivity contribution in [3.8, 4) is 0 Å². The van der Waals surface area contributed by atoms with Gasteiger partial charge in [0.2, 0.25) is 0 Å². The van der Waals surface area contributed by atoms with Crippen LogP contribution in [0.1, 0.15) is 53.1 Å². The molecule has 0 aliphatic rings. The van der Waals surface area contributed by atoms with Crippen molar-refractivity contribution in [3.63, 3.8) is 0 Å². The van der Waals surface area contributed by atoms with Crippen molar-refractivity contribution in [2.45, 2.75) is 65.7 Å². The third kappa shape index (κ3) is 6.17. The van der Waals surface area contributed by atoms with Crippen LogP contribution in [0.4, 0.5) is 9.59 Å². The van der Waals surface area contributed by atoms with Crippen LogP contribution in [-0.4, -0.2) is 53.2 Å². The van der Waals surface area contributed by atoms with E-state index in [2.05, 4.69) is 10.3 Å². The molecule has 1 aromatic carbocycles. The maximum atomic E-state index is 13.7. The summed E-state index contributed by atoms with van der Waals surface area (Å²) in [4.78, 5) is 56.9. The average Bonchev–Trinajstić information content (AvgIpc) is 3.37. The molecule has 220 valence electrons. The van der Waals surface area contributed by atoms with Crippen molar-refractivity contribution in [2.75, 3.05) is 6.54 Å². The number of aromatic nitrogens is 5. The van der Waals surface area contributed by atoms with Crippen molar-refractivity contribution in [3.05, 3.63) is 61.6 Å². The molecule has 0 bridgehead atoms. The topological polar surface area (TPSA) is 131 Å². The summed E-state index contributed by atoms with van der Waals surface area (Å²) in [6, 6.07) is 6.80. The zero-order chi connectivity index (χ0) is 30.4. The van der Waals surface area contributed by atoms with Gasteiger partial charge in [-0.05, 0) is 59.7 Å². The molecule has 12 nitrogen and oxygen atoms in total. The summed E-state index contributed by atoms with van der Waals surface area (Å²) in [5.41, 5.74) is -1.33. The summed E-state index contributed by atoms with van der Waals surface area (Å²) in [7, 11) is 3.20. The number of nitrogens with zero attached hydrogens (tertiary/aromatic N) is 5. The van der Waals surface area contributed by atoms with E-state index in [1.165, 1.54) is 16.2 Å². The molecule has 1 N–H and O–H groups in total. The smallest absolute Gasteiger partial charge is 0.419 e. The first-order chi connectivity index (χ1) is 19.0. The van der Waals surface area contributed by atoms with Crippen LogP contribution in [0.15, 0.2) is 33.9 Å². The first kappa shape index (κ1) is 29.9. The number of halogens is 1. The zero-order valence-corrected chi connectivity index (χ0v) is 25.3. The van der Waals surface area contributed by atoms with E-state index in [1.54, 1.807) is 77.4 Å². The van der Waals surface area contributed by atoms with Crippen LogP contribution in [0, 0.1) is 0 Å². The number of hydrogen-bond donors (Lipinski definition) is 1. The fraction of sp³-hybridized carbons (Fsp3) is 0.464. The normalized spacial score (nSPS) is 12.2. The highest BCUT2D eigenvalue weighted by atomic mass is 35.5. The van der Waals surface area contributed by atoms with Gasteiger partial charge < -0.3 is 19.4 Å². The molecule has 0 aliphatic heterocycles. The molecule has 0 atom stereocenters. The Hall–Kier alpha value is -4.06. The fourth-order valence-electron chi connectivity index (χ4n) is 4.49. The molecule has 13 heteroatoms. The van der Waals surface area contributed by atoms with E-state index in [-0.39, 0.29) is 24.3 Å². The molecule has 0 saturated heterocycles. The number of benzene rings is 1. The quantitative estimate of drug-likeness (QED) is 0.375. The number of nitrogens with one attached hydrogen (secondary N) is 1. The maximum Gasteiger partial charge on any atom is 0.419 e. The molecule has 1 amide bonds. The maximum absolute atomic E-state index is 13.7. The number of carbonyl (C=O) groups excluding carboxylic acids is 2. The molecule has 0 saturated carbocycles. The van der Waals surface area contributed by atoms with Crippen LogP contribution in [-0.2, 0) is 36.5 Å². The van der Waals surface area contributed by atoms with Gasteiger partial charge in [0.05, 0.1) is 17.8 Å². The van der Waals surface area contributed by atoms with Crippen molar-refractivity contribution in [2.24, 2.45) is 14.1 Å². The number of imidazole rings is 1. The van der Waals surface area contributed by atoms with Gasteiger partial charge in [-0.1, -0.05) is 17.7 Å². The van der Waals surface area contributed by atoms with Crippen LogP contribution in [0.5, 0.6) is 0 Å². The van der Waals surface area contributed by atoms with Gasteiger partial charge in [0.1, 0.15) is 17.0 Å². The Morgan fingerprint density at radius 1 is 1.00 bits per heavy atom. The molecule has 0 unspecified atom stereocenters. The number of rotatable bonds is 5. The number of hydrogen-bond acceptors (Lipinski definition) is 7. The van der Waals surface area contributed by atoms with E-state index in [0.29, 0.717) is 33.9 Å². The van der Waals surface area contributed by atoms with Gasteiger partial charge in [-0.2, -0.15) is 0 Å². The van der Waals surface area contributed by atoms with Gasteiger partial charge in [-0.3, -0.25) is 13.9 Å². The number of fused-ring (bicyclic) bond motifs is 2. The third-order valence-corrected chi connectivity index (χ3v) is 6.56. The Morgan fingerprint density at radius 3 is 2.29 bits per heavy atom. The molecule has 0 aliphatic carbocycles. The molecule has 4 rings (SSSR count). The van der Waals surface area contributed by atoms with Crippen molar-refractivity contribution in [1.82, 2.24) is 28.6 Å². The molecule has 4 aromatic rings. The molecule has 0 fully saturated rings. The first-order valence-electron chi connectivity index (χ1n) is 13.1. The largest absolute Gasteiger partial charge is 0.444 e. The monoisotopic (exact) mass is 586 g/mol. The van der Waals surface area contributed by atoms with Crippen LogP contribution < -0.4 is 16.6 Å². The highest BCUT2D eigenvalue weighted by molar-refractivity contribution is 6.35. The molecule has 41 heavy (non-hydrogen) atoms. The lowest BCUT2D eigenvalue weighted by molar-refractivity contribution is 0.0521. The fourth-order valence-corrected chi connectivity index (χ4v) is 4.72. The zero-order valence-electron chi connectivity index (χ0n) is 24.5. The van der Waals surface area contributed by atoms with Crippen LogP contribution in [0.2, 0.25) is 5.02 Å². The molecule has 0 spiro atoms. The van der Waals surface area contributed by atoms with E-state index in [4.69, 9.17) is 21.1 Å². The summed E-state index contributed by atoms with van der Waals surface area (Å²) in [5, 5.41) is 3.67. The predicted octanol–water partition coefficient (Wildman–Crippen LogP) is 3.94. The third-order valence-electron chi connectivity index (χ3n) is 6.23. The lowest BCUT2D eigenvalue weighted by atomic mass is 10.2. The second-order valence-electron chi connectivity index (χ2n) is 11.8. The van der Waals surface area contributed by atoms with Gasteiger partial charge in [-0.25, -0.2) is 23.9 Å². The van der Waals surface area contributed by atoms with Gasteiger partial charge in [0, 0.05) is 37.5 Å². The molecular weight excluding hydrogens is 552 g/mol. The Morgan fingerprint density at radius 2 is 1.66 bits per heavy atom. The predicted molar refractivity (Wildman–Crippen MR) is 156 cm³/mol. The van der Waals surface area contributed by atoms with E-state index in [9.17, 15) is 19.2 Å². The minimum absolute atomic E-state index is 0.206. The van der Waals surface area contributed by atoms with Gasteiger partial charge >= 0.3 is 17.9 Å². The average molecular weight is 587 g/mol. The second kappa shape index (κ2) is 10.7. The minimum atomic E-state index is -0.779. The molecule has 3 aromatic heterocycles. The second-order valence-corrected chi connectivity index (χ2v) is 12.2. The highest BCUT2D eigenvalue weighted by Gasteiger charge is 2.25. The van der Waals surface area contributed by atoms with E-state index >= 15 is 0 Å². The Balaban J connectivity index is 1.75. The summed E-state index contributed by atoms with van der Waals surface area (Å²) in [6.45, 7) is 10.6. The van der Waals surface area contributed by atoms with Crippen molar-refractivity contribution in [1.29, 1.82) is 0 Å². The summed E-state index contributed by atoms with van der Waals surface area (Å²) < 4.78 is 16.2. The Labute approximate surface area is 241 Å². The van der Waals surface area contributed by atoms with Gasteiger partial charge in [-0.15, -0.1) is 0 Å². The summed E-state index contributed by atoms with van der Waals surface area (Å²) >= 11 is 6.42. The van der Waals surface area contributed by atoms with Crippen molar-refractivity contribution >= 4 is 45.9 Å². The van der Waals surface area contributed by atoms with Crippen LogP contribution >= 0.6 is 11.6 Å². The highest BCUT2D eigenvalue weighted by Crippen LogP contribution is 2.28. The standard InChI is InChI=1S/C28H35ClN6O6/c1-27(2,3)40-24(37)30-13-12-20-31-22-21(32(20)7)23(36)34(25(38)33(22)8)15-16-14-17-18(29)10-9-11-19(17)35(16)26(39)41-28(4,5)6/h9-11,14H,12-13,15H2,1-8H3,(H,30,37). The SMILES string of the molecule is Cn1c(CCNC(=O)OC(C)(C)C)nc2c1c(=O)n(Cc1cc3c(Cl)cccc3n1C(=O)OC(C)(C)C)c(=O)n2C. The lowest BCUT2D eigenvalue weighted by Gasteiger charge is -2.21. The number of alkyl carbamates (subject to hydrolysis) is 1. The van der Waals surface area contributed by atoms with E-state index in [0.717, 1.165) is 4.57 Å². The van der Waals surface area contributed by atoms with Crippen LogP contribution in [0.25, 0.3) is 22.1 Å². The number of carbonyl (C=O) groups is 2. The Bertz CT molecular complexity index is 1780. The van der Waals surface area contributed by atoms with Gasteiger partial charge in [0.15, 0.2) is 11.2 Å².